The summed E-state index contributed by atoms with van der Waals surface area (Å²) in [5.41, 5.74) is 0. The van der Waals surface area contributed by atoms with E-state index >= 15 is 0 Å². The number of hydrogen-bond acceptors (Lipinski definition) is 10. The number of phosphoric acid groups is 1. The van der Waals surface area contributed by atoms with Gasteiger partial charge in [-0.25, -0.2) is 4.57 Å². The first-order valence-electron chi connectivity index (χ1n) is 29.1. The molecule has 0 aromatic rings. The van der Waals surface area contributed by atoms with Gasteiger partial charge in [0.15, 0.2) is 6.10 Å². The third-order valence-electron chi connectivity index (χ3n) is 12.0. The van der Waals surface area contributed by atoms with Gasteiger partial charge < -0.3 is 24.2 Å². The number of aliphatic hydroxyl groups excluding tert-OH is 1. The van der Waals surface area contributed by atoms with Gasteiger partial charge in [0, 0.05) is 19.3 Å². The third kappa shape index (κ3) is 53.2. The SMILES string of the molecule is CC/C=C\C/C=C\C/C=C\CCCCCCCC(=O)OC(CO)COP(=O)(O)OCC(COC(=O)CCCCCCCCC/C=C\C/C=C\CCCCC)OC(=O)CCCCCCC/C=C\C/C=C\C/C=C\CC. The topological polar surface area (TPSA) is 155 Å². The number of allylic oxidation sites excluding steroid dienone is 16. The van der Waals surface area contributed by atoms with Crippen LogP contribution in [0.1, 0.15) is 239 Å². The van der Waals surface area contributed by atoms with Crippen molar-refractivity contribution in [2.45, 2.75) is 251 Å². The van der Waals surface area contributed by atoms with E-state index in [2.05, 4.69) is 118 Å². The van der Waals surface area contributed by atoms with Gasteiger partial charge in [0.25, 0.3) is 0 Å². The van der Waals surface area contributed by atoms with Crippen LogP contribution in [0.4, 0.5) is 0 Å². The van der Waals surface area contributed by atoms with Crippen LogP contribution in [0.5, 0.6) is 0 Å². The fraction of sp³-hybridized carbons (Fsp3) is 0.694. The monoisotopic (exact) mass is 1060 g/mol. The molecule has 0 aromatic heterocycles. The Hall–Kier alpha value is -3.60. The van der Waals surface area contributed by atoms with E-state index in [1.165, 1.54) is 38.5 Å². The molecule has 0 fully saturated rings. The smallest absolute Gasteiger partial charge is 0.462 e. The summed E-state index contributed by atoms with van der Waals surface area (Å²) in [6, 6.07) is 0. The third-order valence-corrected chi connectivity index (χ3v) is 12.9. The summed E-state index contributed by atoms with van der Waals surface area (Å²) in [5, 5.41) is 9.82. The van der Waals surface area contributed by atoms with Crippen molar-refractivity contribution in [3.63, 3.8) is 0 Å². The van der Waals surface area contributed by atoms with E-state index in [0.717, 1.165) is 141 Å². The van der Waals surface area contributed by atoms with Crippen LogP contribution in [0.25, 0.3) is 0 Å². The molecular formula is C62H105O11P. The number of hydrogen-bond donors (Lipinski definition) is 2. The maximum Gasteiger partial charge on any atom is 0.472 e. The van der Waals surface area contributed by atoms with E-state index < -0.39 is 57.8 Å². The van der Waals surface area contributed by atoms with Crippen molar-refractivity contribution in [3.8, 4) is 0 Å². The highest BCUT2D eigenvalue weighted by molar-refractivity contribution is 7.47. The van der Waals surface area contributed by atoms with Crippen molar-refractivity contribution >= 4 is 25.7 Å². The molecule has 0 saturated carbocycles. The van der Waals surface area contributed by atoms with Gasteiger partial charge in [0.1, 0.15) is 12.7 Å². The standard InChI is InChI=1S/C62H105O11P/c1-4-7-10-13-16-19-22-25-28-29-32-33-36-39-42-45-48-51-60(64)69-55-59(73-62(66)53-50-47-44-41-38-35-31-27-24-21-18-15-12-9-6-3)57-71-74(67,68)70-56-58(54-63)72-61(65)52-49-46-43-40-37-34-30-26-23-20-17-14-11-8-5-2/h8-9,11-12,16-21,25-28,30-31,58-59,63H,4-7,10,13-15,22-24,29,32-57H2,1-3H3,(H,67,68)/b11-8-,12-9-,19-16-,20-17-,21-18-,28-25-,30-26-,31-27-. The first-order chi connectivity index (χ1) is 36.2. The van der Waals surface area contributed by atoms with Crippen LogP contribution in [0.2, 0.25) is 0 Å². The second-order valence-corrected chi connectivity index (χ2v) is 20.5. The van der Waals surface area contributed by atoms with Crippen LogP contribution in [-0.2, 0) is 42.2 Å². The fourth-order valence-corrected chi connectivity index (χ4v) is 8.37. The van der Waals surface area contributed by atoms with Crippen LogP contribution >= 0.6 is 7.82 Å². The molecule has 0 rings (SSSR count). The molecule has 0 saturated heterocycles. The summed E-state index contributed by atoms with van der Waals surface area (Å²) in [6.45, 7) is 4.35. The molecule has 0 bridgehead atoms. The maximum atomic E-state index is 12.9. The molecular weight excluding hydrogens is 952 g/mol. The molecule has 0 aliphatic rings. The Kier molecular flexibility index (Phi) is 52.9. The molecule has 0 aromatic carbocycles. The zero-order valence-corrected chi connectivity index (χ0v) is 47.7. The van der Waals surface area contributed by atoms with E-state index in [-0.39, 0.29) is 25.9 Å². The van der Waals surface area contributed by atoms with Gasteiger partial charge in [-0.15, -0.1) is 0 Å². The Morgan fingerprint density at radius 1 is 0.392 bits per heavy atom. The van der Waals surface area contributed by atoms with Crippen molar-refractivity contribution in [3.05, 3.63) is 97.2 Å². The number of aliphatic hydroxyl groups is 1. The molecule has 0 aliphatic heterocycles. The first-order valence-corrected chi connectivity index (χ1v) is 30.6. The Labute approximate surface area is 451 Å². The lowest BCUT2D eigenvalue weighted by Gasteiger charge is -2.21. The molecule has 3 atom stereocenters. The van der Waals surface area contributed by atoms with Crippen molar-refractivity contribution in [1.29, 1.82) is 0 Å². The molecule has 0 heterocycles. The highest BCUT2D eigenvalue weighted by Gasteiger charge is 2.28. The zero-order chi connectivity index (χ0) is 54.1. The number of esters is 3. The molecule has 0 aliphatic carbocycles. The van der Waals surface area contributed by atoms with E-state index in [0.29, 0.717) is 19.3 Å². The van der Waals surface area contributed by atoms with Gasteiger partial charge in [-0.2, -0.15) is 0 Å². The normalized spacial score (nSPS) is 14.1. The van der Waals surface area contributed by atoms with Gasteiger partial charge in [0.05, 0.1) is 19.8 Å². The quantitative estimate of drug-likeness (QED) is 0.0197. The summed E-state index contributed by atoms with van der Waals surface area (Å²) in [5.74, 6) is -1.51. The Bertz CT molecular complexity index is 1610. The van der Waals surface area contributed by atoms with Gasteiger partial charge in [-0.05, 0) is 116 Å². The molecule has 3 unspecified atom stereocenters. The number of carbonyl (C=O) groups excluding carboxylic acids is 3. The van der Waals surface area contributed by atoms with Crippen molar-refractivity contribution < 1.29 is 52.2 Å². The molecule has 0 radical (unpaired) electrons. The summed E-state index contributed by atoms with van der Waals surface area (Å²) >= 11 is 0. The Balaban J connectivity index is 4.77. The lowest BCUT2D eigenvalue weighted by molar-refractivity contribution is -0.161. The minimum absolute atomic E-state index is 0.141. The minimum atomic E-state index is -4.76. The second-order valence-electron chi connectivity index (χ2n) is 19.0. The van der Waals surface area contributed by atoms with E-state index in [1.807, 2.05) is 0 Å². The summed E-state index contributed by atoms with van der Waals surface area (Å²) in [7, 11) is -4.76. The van der Waals surface area contributed by atoms with E-state index in [9.17, 15) is 28.9 Å². The van der Waals surface area contributed by atoms with Gasteiger partial charge in [-0.1, -0.05) is 201 Å². The molecule has 424 valence electrons. The van der Waals surface area contributed by atoms with Crippen molar-refractivity contribution in [2.75, 3.05) is 26.4 Å². The van der Waals surface area contributed by atoms with Crippen molar-refractivity contribution in [2.24, 2.45) is 0 Å². The lowest BCUT2D eigenvalue weighted by Crippen LogP contribution is -2.30. The molecule has 74 heavy (non-hydrogen) atoms. The predicted molar refractivity (Wildman–Crippen MR) is 307 cm³/mol. The molecule has 2 N–H and O–H groups in total. The first kappa shape index (κ1) is 70.4. The number of rotatable bonds is 53. The largest absolute Gasteiger partial charge is 0.472 e. The van der Waals surface area contributed by atoms with Crippen LogP contribution in [-0.4, -0.2) is 66.5 Å². The Morgan fingerprint density at radius 3 is 1.08 bits per heavy atom. The molecule has 11 nitrogen and oxygen atoms in total. The zero-order valence-electron chi connectivity index (χ0n) is 46.8. The van der Waals surface area contributed by atoms with Crippen LogP contribution < -0.4 is 0 Å². The number of phosphoric ester groups is 1. The summed E-state index contributed by atoms with van der Waals surface area (Å²) in [6.07, 6.45) is 65.0. The summed E-state index contributed by atoms with van der Waals surface area (Å²) < 4.78 is 39.5. The summed E-state index contributed by atoms with van der Waals surface area (Å²) in [4.78, 5) is 48.6. The number of unbranched alkanes of at least 4 members (excludes halogenated alkanes) is 20. The van der Waals surface area contributed by atoms with Crippen LogP contribution in [0, 0.1) is 0 Å². The van der Waals surface area contributed by atoms with Gasteiger partial charge in [-0.3, -0.25) is 23.4 Å². The molecule has 0 amide bonds. The maximum absolute atomic E-state index is 12.9. The number of carbonyl (C=O) groups is 3. The molecule has 12 heteroatoms. The van der Waals surface area contributed by atoms with E-state index in [4.69, 9.17) is 23.3 Å². The van der Waals surface area contributed by atoms with Crippen molar-refractivity contribution in [1.82, 2.24) is 0 Å². The van der Waals surface area contributed by atoms with Gasteiger partial charge in [0.2, 0.25) is 0 Å². The second kappa shape index (κ2) is 55.6. The average molecular weight is 1060 g/mol. The minimum Gasteiger partial charge on any atom is -0.462 e. The van der Waals surface area contributed by atoms with Crippen LogP contribution in [0.15, 0.2) is 97.2 Å². The van der Waals surface area contributed by atoms with Gasteiger partial charge >= 0.3 is 25.7 Å². The predicted octanol–water partition coefficient (Wildman–Crippen LogP) is 17.3. The molecule has 0 spiro atoms. The fourth-order valence-electron chi connectivity index (χ4n) is 7.59. The van der Waals surface area contributed by atoms with E-state index in [1.54, 1.807) is 0 Å². The average Bonchev–Trinajstić information content (AvgIpc) is 3.39. The van der Waals surface area contributed by atoms with Crippen LogP contribution in [0.3, 0.4) is 0 Å². The number of ether oxygens (including phenoxy) is 3. The highest BCUT2D eigenvalue weighted by Crippen LogP contribution is 2.43. The lowest BCUT2D eigenvalue weighted by atomic mass is 10.1. The highest BCUT2D eigenvalue weighted by atomic mass is 31.2. The Morgan fingerprint density at radius 2 is 0.703 bits per heavy atom.